The minimum Gasteiger partial charge on any atom is -0.309 e. The maximum atomic E-state index is 11.0. The molecule has 0 aromatic heterocycles. The molecule has 16 heavy (non-hydrogen) atoms. The lowest BCUT2D eigenvalue weighted by Crippen LogP contribution is -2.35. The molecule has 0 amide bonds. The number of fused-ring (bicyclic) bond motifs is 1. The highest BCUT2D eigenvalue weighted by atomic mass is 32.2. The Morgan fingerprint density at radius 3 is 2.69 bits per heavy atom. The fourth-order valence-electron chi connectivity index (χ4n) is 2.20. The second kappa shape index (κ2) is 3.64. The molecule has 0 bridgehead atoms. The highest BCUT2D eigenvalue weighted by Crippen LogP contribution is 2.34. The normalized spacial score (nSPS) is 29.9. The Kier molecular flexibility index (Phi) is 2.55. The van der Waals surface area contributed by atoms with E-state index in [4.69, 9.17) is 15.4 Å². The Balaban J connectivity index is 2.42. The van der Waals surface area contributed by atoms with E-state index in [0.29, 0.717) is 12.1 Å². The van der Waals surface area contributed by atoms with Crippen LogP contribution in [0.5, 0.6) is 0 Å². The van der Waals surface area contributed by atoms with Crippen molar-refractivity contribution < 1.29 is 13.0 Å². The van der Waals surface area contributed by atoms with Gasteiger partial charge in [-0.05, 0) is 18.4 Å². The van der Waals surface area contributed by atoms with Gasteiger partial charge in [-0.3, -0.25) is 4.55 Å². The maximum Gasteiger partial charge on any atom is 0.290 e. The van der Waals surface area contributed by atoms with Crippen molar-refractivity contribution in [2.45, 2.75) is 12.8 Å². The van der Waals surface area contributed by atoms with Crippen molar-refractivity contribution in [3.63, 3.8) is 0 Å². The predicted molar refractivity (Wildman–Crippen MR) is 60.4 cm³/mol. The number of rotatable bonds is 1. The molecule has 0 saturated carbocycles. The Morgan fingerprint density at radius 1 is 1.38 bits per heavy atom. The number of hydrogen-bond acceptors (Lipinski definition) is 4. The smallest absolute Gasteiger partial charge is 0.290 e. The van der Waals surface area contributed by atoms with Crippen LogP contribution in [0.15, 0.2) is 23.1 Å². The number of nitrogens with one attached hydrogen (secondary N) is 2. The van der Waals surface area contributed by atoms with Gasteiger partial charge in [-0.25, -0.2) is 0 Å². The summed E-state index contributed by atoms with van der Waals surface area (Å²) in [5.41, 5.74) is 0.529. The number of allylic oxidation sites excluding steroid dienone is 4. The lowest BCUT2D eigenvalue weighted by molar-refractivity contribution is 0.481. The molecular weight excluding hydrogens is 228 g/mol. The summed E-state index contributed by atoms with van der Waals surface area (Å²) in [7, 11) is -4.21. The summed E-state index contributed by atoms with van der Waals surface area (Å²) < 4.78 is 30.9. The van der Waals surface area contributed by atoms with Crippen LogP contribution in [-0.4, -0.2) is 24.4 Å². The maximum absolute atomic E-state index is 11.0. The first-order valence-corrected chi connectivity index (χ1v) is 6.34. The molecule has 0 heterocycles. The summed E-state index contributed by atoms with van der Waals surface area (Å²) >= 11 is 0. The average molecular weight is 240 g/mol. The van der Waals surface area contributed by atoms with E-state index in [-0.39, 0.29) is 28.9 Å². The van der Waals surface area contributed by atoms with Crippen molar-refractivity contribution >= 4 is 21.5 Å². The lowest BCUT2D eigenvalue weighted by Gasteiger charge is -2.31. The molecule has 86 valence electrons. The van der Waals surface area contributed by atoms with E-state index in [1.165, 1.54) is 6.08 Å². The van der Waals surface area contributed by atoms with Crippen LogP contribution >= 0.6 is 0 Å². The molecule has 0 aliphatic heterocycles. The van der Waals surface area contributed by atoms with E-state index in [2.05, 4.69) is 0 Å². The summed E-state index contributed by atoms with van der Waals surface area (Å²) in [6.45, 7) is 0. The van der Waals surface area contributed by atoms with Gasteiger partial charge in [0.15, 0.2) is 0 Å². The molecule has 0 aromatic rings. The molecule has 2 aliphatic rings. The summed E-state index contributed by atoms with van der Waals surface area (Å²) in [6.07, 6.45) is 5.49. The summed E-state index contributed by atoms with van der Waals surface area (Å²) in [5.74, 6) is -0.508. The first-order chi connectivity index (χ1) is 7.39. The zero-order valence-electron chi connectivity index (χ0n) is 8.47. The molecule has 3 N–H and O–H groups in total. The van der Waals surface area contributed by atoms with Crippen LogP contribution in [0.4, 0.5) is 0 Å². The Hall–Kier alpha value is -1.27. The van der Waals surface area contributed by atoms with Gasteiger partial charge in [0.05, 0.1) is 4.91 Å². The Morgan fingerprint density at radius 2 is 2.06 bits per heavy atom. The molecule has 2 rings (SSSR count). The van der Waals surface area contributed by atoms with Crippen LogP contribution in [0, 0.1) is 22.7 Å². The third kappa shape index (κ3) is 1.85. The summed E-state index contributed by atoms with van der Waals surface area (Å²) in [4.78, 5) is -0.127. The van der Waals surface area contributed by atoms with Crippen molar-refractivity contribution in [1.29, 1.82) is 10.8 Å². The van der Waals surface area contributed by atoms with Crippen molar-refractivity contribution in [2.75, 3.05) is 0 Å². The highest BCUT2D eigenvalue weighted by Gasteiger charge is 2.35. The highest BCUT2D eigenvalue weighted by molar-refractivity contribution is 7.89. The molecule has 0 spiro atoms. The second-order valence-corrected chi connectivity index (χ2v) is 5.52. The molecular formula is C10H12N2O3S. The van der Waals surface area contributed by atoms with E-state index in [1.54, 1.807) is 0 Å². The van der Waals surface area contributed by atoms with Crippen molar-refractivity contribution in [1.82, 2.24) is 0 Å². The zero-order chi connectivity index (χ0) is 11.9. The Labute approximate surface area is 93.6 Å². The van der Waals surface area contributed by atoms with E-state index in [9.17, 15) is 8.42 Å². The van der Waals surface area contributed by atoms with Gasteiger partial charge < -0.3 is 10.8 Å². The van der Waals surface area contributed by atoms with Gasteiger partial charge in [0.2, 0.25) is 0 Å². The first kappa shape index (κ1) is 11.2. The third-order valence-electron chi connectivity index (χ3n) is 2.94. The van der Waals surface area contributed by atoms with E-state index in [1.807, 2.05) is 12.2 Å². The van der Waals surface area contributed by atoms with Crippen LogP contribution in [0.3, 0.4) is 0 Å². The zero-order valence-corrected chi connectivity index (χ0v) is 9.29. The Bertz CT molecular complexity index is 516. The van der Waals surface area contributed by atoms with Gasteiger partial charge in [-0.15, -0.1) is 0 Å². The molecule has 5 nitrogen and oxygen atoms in total. The van der Waals surface area contributed by atoms with Gasteiger partial charge in [-0.1, -0.05) is 12.2 Å². The van der Waals surface area contributed by atoms with Gasteiger partial charge in [-0.2, -0.15) is 8.42 Å². The molecule has 0 fully saturated rings. The van der Waals surface area contributed by atoms with Crippen LogP contribution < -0.4 is 0 Å². The molecule has 0 saturated heterocycles. The quantitative estimate of drug-likeness (QED) is 0.476. The van der Waals surface area contributed by atoms with Gasteiger partial charge in [0.25, 0.3) is 10.1 Å². The van der Waals surface area contributed by atoms with Crippen LogP contribution in [-0.2, 0) is 10.1 Å². The lowest BCUT2D eigenvalue weighted by atomic mass is 9.75. The van der Waals surface area contributed by atoms with E-state index in [0.717, 1.165) is 0 Å². The molecule has 0 aromatic carbocycles. The standard InChI is InChI=1S/C10H12N2O3S/c11-8-3-1-2-6-4-7(16(13,14)15)5-9(12)10(6)8/h1-2,5-6,10-12H,3-4H2,(H,13,14,15). The second-order valence-electron chi connectivity index (χ2n) is 4.04. The monoisotopic (exact) mass is 240 g/mol. The summed E-state index contributed by atoms with van der Waals surface area (Å²) in [5, 5.41) is 15.5. The van der Waals surface area contributed by atoms with Crippen LogP contribution in [0.1, 0.15) is 12.8 Å². The topological polar surface area (TPSA) is 102 Å². The molecule has 2 atom stereocenters. The average Bonchev–Trinajstić information content (AvgIpc) is 2.15. The van der Waals surface area contributed by atoms with E-state index >= 15 is 0 Å². The van der Waals surface area contributed by atoms with Crippen molar-refractivity contribution in [2.24, 2.45) is 11.8 Å². The number of hydrogen-bond donors (Lipinski definition) is 3. The molecule has 2 aliphatic carbocycles. The molecule has 0 radical (unpaired) electrons. The first-order valence-electron chi connectivity index (χ1n) is 4.90. The third-order valence-corrected chi connectivity index (χ3v) is 3.89. The van der Waals surface area contributed by atoms with Crippen LogP contribution in [0.25, 0.3) is 0 Å². The van der Waals surface area contributed by atoms with Gasteiger partial charge >= 0.3 is 0 Å². The van der Waals surface area contributed by atoms with E-state index < -0.39 is 10.1 Å². The predicted octanol–water partition coefficient (Wildman–Crippen LogP) is 1.39. The van der Waals surface area contributed by atoms with Crippen LogP contribution in [0.2, 0.25) is 0 Å². The minimum absolute atomic E-state index is 0.0956. The minimum atomic E-state index is -4.21. The SMILES string of the molecule is N=C1C=C(S(=O)(=O)O)CC2C=CCC(=N)C12. The van der Waals surface area contributed by atoms with Gasteiger partial charge in [0, 0.05) is 23.8 Å². The molecule has 2 unspecified atom stereocenters. The molecule has 6 heteroatoms. The van der Waals surface area contributed by atoms with Crippen molar-refractivity contribution in [3.05, 3.63) is 23.1 Å². The summed E-state index contributed by atoms with van der Waals surface area (Å²) in [6, 6.07) is 0. The fraction of sp³-hybridized carbons (Fsp3) is 0.400. The largest absolute Gasteiger partial charge is 0.309 e. The van der Waals surface area contributed by atoms with Crippen molar-refractivity contribution in [3.8, 4) is 0 Å². The van der Waals surface area contributed by atoms with Gasteiger partial charge in [0.1, 0.15) is 0 Å². The fourth-order valence-corrected chi connectivity index (χ4v) is 2.88.